The van der Waals surface area contributed by atoms with Crippen LogP contribution in [0.4, 0.5) is 0 Å². The smallest absolute Gasteiger partial charge is 0.147 e. The molecule has 1 heterocycles. The molecule has 0 radical (unpaired) electrons. The fourth-order valence-corrected chi connectivity index (χ4v) is 0.849. The maximum Gasteiger partial charge on any atom is 0.147 e. The van der Waals surface area contributed by atoms with Crippen LogP contribution in [0.2, 0.25) is 10.2 Å². The highest BCUT2D eigenvalue weighted by molar-refractivity contribution is 6.41. The first-order chi connectivity index (χ1) is 5.11. The van der Waals surface area contributed by atoms with Crippen LogP contribution in [-0.2, 0) is 0 Å². The summed E-state index contributed by atoms with van der Waals surface area (Å²) in [5.41, 5.74) is 0.472. The molecule has 0 aliphatic carbocycles. The molecule has 0 fully saturated rings. The molecular weight excluding hydrogens is 185 g/mol. The SMILES string of the molecule is C=C(O)c1cnc(Cl)c(Cl)c1. The second kappa shape index (κ2) is 3.11. The van der Waals surface area contributed by atoms with Gasteiger partial charge in [0.1, 0.15) is 10.9 Å². The quantitative estimate of drug-likeness (QED) is 0.545. The van der Waals surface area contributed by atoms with Crippen molar-refractivity contribution < 1.29 is 5.11 Å². The zero-order valence-electron chi connectivity index (χ0n) is 5.51. The first kappa shape index (κ1) is 8.37. The number of hydrogen-bond acceptors (Lipinski definition) is 2. The van der Waals surface area contributed by atoms with E-state index in [0.29, 0.717) is 10.6 Å². The largest absolute Gasteiger partial charge is 0.508 e. The van der Waals surface area contributed by atoms with Gasteiger partial charge in [0.05, 0.1) is 5.02 Å². The second-order valence-electron chi connectivity index (χ2n) is 1.94. The lowest BCUT2D eigenvalue weighted by Gasteiger charge is -1.98. The summed E-state index contributed by atoms with van der Waals surface area (Å²) >= 11 is 11.1. The third-order valence-electron chi connectivity index (χ3n) is 1.13. The molecular formula is C7H5Cl2NO. The highest BCUT2D eigenvalue weighted by Crippen LogP contribution is 2.21. The van der Waals surface area contributed by atoms with Crippen molar-refractivity contribution in [2.75, 3.05) is 0 Å². The van der Waals surface area contributed by atoms with E-state index in [9.17, 15) is 0 Å². The van der Waals surface area contributed by atoms with Gasteiger partial charge in [0, 0.05) is 11.8 Å². The van der Waals surface area contributed by atoms with Gasteiger partial charge < -0.3 is 5.11 Å². The van der Waals surface area contributed by atoms with E-state index in [1.807, 2.05) is 0 Å². The molecule has 0 saturated heterocycles. The molecule has 0 bridgehead atoms. The highest BCUT2D eigenvalue weighted by atomic mass is 35.5. The van der Waals surface area contributed by atoms with Crippen LogP contribution in [0.15, 0.2) is 18.8 Å². The number of aromatic nitrogens is 1. The minimum Gasteiger partial charge on any atom is -0.508 e. The molecule has 58 valence electrons. The standard InChI is InChI=1S/C7H5Cl2NO/c1-4(11)5-2-6(8)7(9)10-3-5/h2-3,11H,1H2. The Kier molecular flexibility index (Phi) is 2.37. The summed E-state index contributed by atoms with van der Waals surface area (Å²) in [6.45, 7) is 3.31. The van der Waals surface area contributed by atoms with E-state index in [0.717, 1.165) is 0 Å². The Morgan fingerprint density at radius 2 is 2.18 bits per heavy atom. The van der Waals surface area contributed by atoms with Gasteiger partial charge in [-0.05, 0) is 6.07 Å². The van der Waals surface area contributed by atoms with E-state index in [-0.39, 0.29) is 10.9 Å². The Morgan fingerprint density at radius 1 is 1.55 bits per heavy atom. The molecule has 0 atom stereocenters. The van der Waals surface area contributed by atoms with Crippen LogP contribution < -0.4 is 0 Å². The number of nitrogens with zero attached hydrogens (tertiary/aromatic N) is 1. The van der Waals surface area contributed by atoms with Crippen LogP contribution in [0.3, 0.4) is 0 Å². The van der Waals surface area contributed by atoms with Gasteiger partial charge in [0.15, 0.2) is 0 Å². The predicted octanol–water partition coefficient (Wildman–Crippen LogP) is 2.92. The fraction of sp³-hybridized carbons (Fsp3) is 0. The Balaban J connectivity index is 3.15. The summed E-state index contributed by atoms with van der Waals surface area (Å²) in [7, 11) is 0. The number of aliphatic hydroxyl groups excluding tert-OH is 1. The van der Waals surface area contributed by atoms with E-state index in [1.54, 1.807) is 0 Å². The first-order valence-corrected chi connectivity index (χ1v) is 3.56. The molecule has 0 aliphatic rings. The van der Waals surface area contributed by atoms with Gasteiger partial charge in [-0.15, -0.1) is 0 Å². The Hall–Kier alpha value is -0.730. The van der Waals surface area contributed by atoms with E-state index < -0.39 is 0 Å². The van der Waals surface area contributed by atoms with Gasteiger partial charge in [-0.1, -0.05) is 29.8 Å². The second-order valence-corrected chi connectivity index (χ2v) is 2.71. The van der Waals surface area contributed by atoms with Crippen LogP contribution >= 0.6 is 23.2 Å². The van der Waals surface area contributed by atoms with Crippen LogP contribution in [0.25, 0.3) is 5.76 Å². The van der Waals surface area contributed by atoms with E-state index in [1.165, 1.54) is 12.3 Å². The van der Waals surface area contributed by atoms with Gasteiger partial charge >= 0.3 is 0 Å². The van der Waals surface area contributed by atoms with Gasteiger partial charge in [-0.3, -0.25) is 0 Å². The van der Waals surface area contributed by atoms with Crippen LogP contribution in [0.5, 0.6) is 0 Å². The van der Waals surface area contributed by atoms with Gasteiger partial charge in [0.2, 0.25) is 0 Å². The van der Waals surface area contributed by atoms with Crippen molar-refractivity contribution in [1.82, 2.24) is 4.98 Å². The maximum absolute atomic E-state index is 8.90. The molecule has 0 saturated carbocycles. The Bertz CT molecular complexity index is 298. The number of pyridine rings is 1. The van der Waals surface area contributed by atoms with Crippen molar-refractivity contribution in [1.29, 1.82) is 0 Å². The number of halogens is 2. The summed E-state index contributed by atoms with van der Waals surface area (Å²) in [5, 5.41) is 9.43. The van der Waals surface area contributed by atoms with Crippen molar-refractivity contribution >= 4 is 29.0 Å². The average Bonchev–Trinajstić information content (AvgIpc) is 1.94. The van der Waals surface area contributed by atoms with Crippen molar-refractivity contribution in [2.24, 2.45) is 0 Å². The molecule has 0 amide bonds. The monoisotopic (exact) mass is 189 g/mol. The van der Waals surface area contributed by atoms with Crippen LogP contribution in [0, 0.1) is 0 Å². The number of hydrogen-bond donors (Lipinski definition) is 1. The third kappa shape index (κ3) is 1.85. The number of aliphatic hydroxyl groups is 1. The topological polar surface area (TPSA) is 33.1 Å². The lowest BCUT2D eigenvalue weighted by Crippen LogP contribution is -1.84. The van der Waals surface area contributed by atoms with E-state index in [4.69, 9.17) is 28.3 Å². The Morgan fingerprint density at radius 3 is 2.64 bits per heavy atom. The van der Waals surface area contributed by atoms with Gasteiger partial charge in [-0.2, -0.15) is 0 Å². The van der Waals surface area contributed by atoms with Crippen LogP contribution in [-0.4, -0.2) is 10.1 Å². The van der Waals surface area contributed by atoms with E-state index >= 15 is 0 Å². The average molecular weight is 190 g/mol. The molecule has 0 unspecified atom stereocenters. The van der Waals surface area contributed by atoms with Crippen LogP contribution in [0.1, 0.15) is 5.56 Å². The minimum absolute atomic E-state index is 0.0731. The lowest BCUT2D eigenvalue weighted by atomic mass is 10.2. The van der Waals surface area contributed by atoms with Crippen molar-refractivity contribution in [2.45, 2.75) is 0 Å². The molecule has 0 aromatic carbocycles. The Labute approximate surface area is 74.1 Å². The zero-order valence-corrected chi connectivity index (χ0v) is 7.02. The van der Waals surface area contributed by atoms with Crippen molar-refractivity contribution in [3.8, 4) is 0 Å². The van der Waals surface area contributed by atoms with Crippen molar-refractivity contribution in [3.05, 3.63) is 34.6 Å². The summed E-state index contributed by atoms with van der Waals surface area (Å²) in [4.78, 5) is 3.71. The maximum atomic E-state index is 8.90. The fourth-order valence-electron chi connectivity index (χ4n) is 0.579. The van der Waals surface area contributed by atoms with Gasteiger partial charge in [-0.25, -0.2) is 4.98 Å². The molecule has 0 spiro atoms. The molecule has 11 heavy (non-hydrogen) atoms. The summed E-state index contributed by atoms with van der Waals surface area (Å²) in [5.74, 6) is -0.0731. The third-order valence-corrected chi connectivity index (χ3v) is 1.82. The molecule has 0 aliphatic heterocycles. The minimum atomic E-state index is -0.0731. The van der Waals surface area contributed by atoms with Crippen molar-refractivity contribution in [3.63, 3.8) is 0 Å². The zero-order chi connectivity index (χ0) is 8.43. The molecule has 2 nitrogen and oxygen atoms in total. The summed E-state index contributed by atoms with van der Waals surface area (Å²) < 4.78 is 0. The summed E-state index contributed by atoms with van der Waals surface area (Å²) in [6.07, 6.45) is 1.40. The molecule has 4 heteroatoms. The predicted molar refractivity (Wildman–Crippen MR) is 45.9 cm³/mol. The molecule has 1 N–H and O–H groups in total. The molecule has 1 aromatic heterocycles. The lowest BCUT2D eigenvalue weighted by molar-refractivity contribution is 0.513. The number of rotatable bonds is 1. The first-order valence-electron chi connectivity index (χ1n) is 2.80. The molecule has 1 rings (SSSR count). The normalized spacial score (nSPS) is 9.64. The van der Waals surface area contributed by atoms with E-state index in [2.05, 4.69) is 11.6 Å². The summed E-state index contributed by atoms with van der Waals surface area (Å²) in [6, 6.07) is 1.50. The molecule has 1 aromatic rings. The van der Waals surface area contributed by atoms with Gasteiger partial charge in [0.25, 0.3) is 0 Å². The highest BCUT2D eigenvalue weighted by Gasteiger charge is 2.01.